The molecule has 4 nitrogen and oxygen atoms in total. The molecule has 23 heavy (non-hydrogen) atoms. The summed E-state index contributed by atoms with van der Waals surface area (Å²) in [5.41, 5.74) is 1.89. The molecule has 1 aromatic rings. The molecule has 2 N–H and O–H groups in total. The first-order chi connectivity index (χ1) is 11.0. The molecule has 0 spiro atoms. The molecule has 1 amide bonds. The van der Waals surface area contributed by atoms with Gasteiger partial charge in [-0.15, -0.1) is 0 Å². The lowest BCUT2D eigenvalue weighted by Crippen LogP contribution is -2.39. The number of carbonyl (C=O) groups is 1. The van der Waals surface area contributed by atoms with E-state index in [1.807, 2.05) is 25.1 Å². The molecule has 0 aliphatic carbocycles. The number of aliphatic hydroxyl groups is 1. The van der Waals surface area contributed by atoms with Crippen molar-refractivity contribution < 1.29 is 9.90 Å². The molecule has 2 unspecified atom stereocenters. The summed E-state index contributed by atoms with van der Waals surface area (Å²) in [5.74, 6) is 0.815. The molecule has 1 fully saturated rings. The zero-order valence-electron chi connectivity index (χ0n) is 14.6. The fourth-order valence-corrected chi connectivity index (χ4v) is 3.10. The Kier molecular flexibility index (Phi) is 6.60. The van der Waals surface area contributed by atoms with Crippen molar-refractivity contribution in [3.8, 4) is 0 Å². The van der Waals surface area contributed by atoms with Gasteiger partial charge in [0.25, 0.3) is 5.91 Å². The Morgan fingerprint density at radius 2 is 2.17 bits per heavy atom. The molecular weight excluding hydrogens is 288 g/mol. The van der Waals surface area contributed by atoms with E-state index in [0.717, 1.165) is 43.6 Å². The topological polar surface area (TPSA) is 52.6 Å². The van der Waals surface area contributed by atoms with Gasteiger partial charge >= 0.3 is 0 Å². The average Bonchev–Trinajstić information content (AvgIpc) is 2.53. The molecule has 1 aromatic carbocycles. The van der Waals surface area contributed by atoms with Crippen LogP contribution in [0.4, 0.5) is 0 Å². The van der Waals surface area contributed by atoms with Gasteiger partial charge in [-0.25, -0.2) is 0 Å². The molecule has 0 bridgehead atoms. The van der Waals surface area contributed by atoms with E-state index < -0.39 is 0 Å². The summed E-state index contributed by atoms with van der Waals surface area (Å²) in [6, 6.07) is 7.89. The summed E-state index contributed by atoms with van der Waals surface area (Å²) in [6.45, 7) is 9.60. The summed E-state index contributed by atoms with van der Waals surface area (Å²) < 4.78 is 0. The van der Waals surface area contributed by atoms with E-state index in [1.165, 1.54) is 0 Å². The van der Waals surface area contributed by atoms with Crippen LogP contribution in [0, 0.1) is 11.8 Å². The van der Waals surface area contributed by atoms with Crippen molar-refractivity contribution in [2.24, 2.45) is 11.8 Å². The lowest BCUT2D eigenvalue weighted by atomic mass is 9.93. The van der Waals surface area contributed by atoms with Gasteiger partial charge in [0.2, 0.25) is 0 Å². The van der Waals surface area contributed by atoms with Crippen molar-refractivity contribution in [3.63, 3.8) is 0 Å². The van der Waals surface area contributed by atoms with E-state index in [2.05, 4.69) is 30.1 Å². The highest BCUT2D eigenvalue weighted by molar-refractivity contribution is 5.94. The molecule has 1 aliphatic rings. The number of carbonyl (C=O) groups excluding carboxylic acids is 1. The lowest BCUT2D eigenvalue weighted by Gasteiger charge is -2.34. The van der Waals surface area contributed by atoms with E-state index in [1.54, 1.807) is 0 Å². The van der Waals surface area contributed by atoms with Crippen LogP contribution in [0.3, 0.4) is 0 Å². The van der Waals surface area contributed by atoms with E-state index in [0.29, 0.717) is 18.4 Å². The van der Waals surface area contributed by atoms with Crippen LogP contribution in [0.1, 0.15) is 49.5 Å². The van der Waals surface area contributed by atoms with Gasteiger partial charge in [-0.05, 0) is 55.8 Å². The predicted octanol–water partition coefficient (Wildman–Crippen LogP) is 2.67. The molecule has 0 radical (unpaired) electrons. The number of nitrogens with one attached hydrogen (secondary N) is 1. The minimum Gasteiger partial charge on any atom is -0.393 e. The van der Waals surface area contributed by atoms with Crippen molar-refractivity contribution in [1.82, 2.24) is 10.2 Å². The van der Waals surface area contributed by atoms with Gasteiger partial charge in [0.1, 0.15) is 0 Å². The van der Waals surface area contributed by atoms with Crippen molar-refractivity contribution in [3.05, 3.63) is 35.4 Å². The van der Waals surface area contributed by atoms with Gasteiger partial charge in [-0.3, -0.25) is 9.69 Å². The molecule has 2 rings (SSSR count). The fourth-order valence-electron chi connectivity index (χ4n) is 3.10. The summed E-state index contributed by atoms with van der Waals surface area (Å²) >= 11 is 0. The Labute approximate surface area is 139 Å². The van der Waals surface area contributed by atoms with Crippen molar-refractivity contribution in [2.45, 2.75) is 46.3 Å². The summed E-state index contributed by atoms with van der Waals surface area (Å²) in [4.78, 5) is 14.6. The molecule has 1 aliphatic heterocycles. The van der Waals surface area contributed by atoms with E-state index >= 15 is 0 Å². The summed E-state index contributed by atoms with van der Waals surface area (Å²) in [6.07, 6.45) is 1.99. The van der Waals surface area contributed by atoms with Gasteiger partial charge in [0, 0.05) is 25.2 Å². The van der Waals surface area contributed by atoms with Gasteiger partial charge < -0.3 is 10.4 Å². The Morgan fingerprint density at radius 1 is 1.39 bits per heavy atom. The Bertz CT molecular complexity index is 514. The van der Waals surface area contributed by atoms with Crippen LogP contribution < -0.4 is 5.32 Å². The second-order valence-electron chi connectivity index (χ2n) is 7.18. The molecule has 4 heteroatoms. The molecule has 128 valence electrons. The maximum absolute atomic E-state index is 12.2. The first-order valence-electron chi connectivity index (χ1n) is 8.73. The largest absolute Gasteiger partial charge is 0.393 e. The smallest absolute Gasteiger partial charge is 0.251 e. The zero-order valence-corrected chi connectivity index (χ0v) is 14.6. The van der Waals surface area contributed by atoms with Gasteiger partial charge in [0.05, 0.1) is 6.10 Å². The van der Waals surface area contributed by atoms with E-state index in [4.69, 9.17) is 0 Å². The number of nitrogens with zero attached hydrogens (tertiary/aromatic N) is 1. The third-order valence-corrected chi connectivity index (χ3v) is 4.49. The molecular formula is C19H30N2O2. The van der Waals surface area contributed by atoms with E-state index in [-0.39, 0.29) is 12.0 Å². The number of rotatable bonds is 6. The number of hydrogen-bond donors (Lipinski definition) is 2. The predicted molar refractivity (Wildman–Crippen MR) is 93.3 cm³/mol. The monoisotopic (exact) mass is 318 g/mol. The van der Waals surface area contributed by atoms with Crippen LogP contribution in [0.15, 0.2) is 24.3 Å². The molecule has 1 heterocycles. The minimum atomic E-state index is -0.244. The molecule has 2 atom stereocenters. The number of likely N-dealkylation sites (tertiary alicyclic amines) is 1. The van der Waals surface area contributed by atoms with Gasteiger partial charge in [-0.2, -0.15) is 0 Å². The molecule has 0 saturated carbocycles. The second-order valence-corrected chi connectivity index (χ2v) is 7.18. The SMILES string of the molecule is CC(C)CNC(=O)c1cccc(CN2CCCC(C(C)O)C2)c1. The van der Waals surface area contributed by atoms with Crippen LogP contribution in [0.2, 0.25) is 0 Å². The van der Waals surface area contributed by atoms with Crippen LogP contribution in [0.25, 0.3) is 0 Å². The fraction of sp³-hybridized carbons (Fsp3) is 0.632. The van der Waals surface area contributed by atoms with Crippen molar-refractivity contribution in [1.29, 1.82) is 0 Å². The number of hydrogen-bond acceptors (Lipinski definition) is 3. The molecule has 0 aromatic heterocycles. The van der Waals surface area contributed by atoms with Gasteiger partial charge in [-0.1, -0.05) is 26.0 Å². The standard InChI is InChI=1S/C19H30N2O2/c1-14(2)11-20-19(23)17-7-4-6-16(10-17)12-21-9-5-8-18(13-21)15(3)22/h4,6-7,10,14-15,18,22H,5,8-9,11-13H2,1-3H3,(H,20,23). The lowest BCUT2D eigenvalue weighted by molar-refractivity contribution is 0.0599. The quantitative estimate of drug-likeness (QED) is 0.848. The summed E-state index contributed by atoms with van der Waals surface area (Å²) in [7, 11) is 0. The maximum Gasteiger partial charge on any atom is 0.251 e. The maximum atomic E-state index is 12.2. The van der Waals surface area contributed by atoms with Crippen LogP contribution in [0.5, 0.6) is 0 Å². The average molecular weight is 318 g/mol. The zero-order chi connectivity index (χ0) is 16.8. The van der Waals surface area contributed by atoms with Crippen LogP contribution in [-0.4, -0.2) is 41.7 Å². The normalized spacial score (nSPS) is 20.5. The number of amides is 1. The van der Waals surface area contributed by atoms with Crippen LogP contribution >= 0.6 is 0 Å². The van der Waals surface area contributed by atoms with E-state index in [9.17, 15) is 9.90 Å². The third kappa shape index (κ3) is 5.63. The highest BCUT2D eigenvalue weighted by Crippen LogP contribution is 2.21. The number of piperidine rings is 1. The number of aliphatic hydroxyl groups excluding tert-OH is 1. The van der Waals surface area contributed by atoms with Gasteiger partial charge in [0.15, 0.2) is 0 Å². The molecule has 1 saturated heterocycles. The Balaban J connectivity index is 1.95. The number of benzene rings is 1. The highest BCUT2D eigenvalue weighted by Gasteiger charge is 2.23. The highest BCUT2D eigenvalue weighted by atomic mass is 16.3. The Morgan fingerprint density at radius 3 is 2.87 bits per heavy atom. The van der Waals surface area contributed by atoms with Crippen molar-refractivity contribution >= 4 is 5.91 Å². The first kappa shape index (κ1) is 18.0. The summed E-state index contributed by atoms with van der Waals surface area (Å²) in [5, 5.41) is 12.8. The first-order valence-corrected chi connectivity index (χ1v) is 8.73. The third-order valence-electron chi connectivity index (χ3n) is 4.49. The van der Waals surface area contributed by atoms with Crippen molar-refractivity contribution in [2.75, 3.05) is 19.6 Å². The second kappa shape index (κ2) is 8.46. The van der Waals surface area contributed by atoms with Crippen LogP contribution in [-0.2, 0) is 6.54 Å². The Hall–Kier alpha value is -1.39. The minimum absolute atomic E-state index is 0.000973.